The molecule has 11 heteroatoms. The molecule has 0 aliphatic carbocycles. The number of ether oxygens (including phenoxy) is 7. The van der Waals surface area contributed by atoms with Crippen molar-refractivity contribution in [1.82, 2.24) is 0 Å². The Morgan fingerprint density at radius 1 is 0.882 bits per heavy atom. The molecule has 6 saturated heterocycles. The highest BCUT2D eigenvalue weighted by Crippen LogP contribution is 2.57. The lowest BCUT2D eigenvalue weighted by Crippen LogP contribution is -2.58. The van der Waals surface area contributed by atoms with Crippen molar-refractivity contribution in [1.29, 1.82) is 0 Å². The molecule has 15 unspecified atom stereocenters. The van der Waals surface area contributed by atoms with Gasteiger partial charge in [0.05, 0.1) is 66.6 Å². The van der Waals surface area contributed by atoms with E-state index in [0.717, 1.165) is 51.4 Å². The topological polar surface area (TPSA) is 145 Å². The first-order valence-corrected chi connectivity index (χ1v) is 20.0. The van der Waals surface area contributed by atoms with Crippen molar-refractivity contribution in [3.63, 3.8) is 0 Å². The molecule has 2 N–H and O–H groups in total. The number of aliphatic hydroxyl groups is 2. The number of rotatable bonds is 9. The van der Waals surface area contributed by atoms with E-state index >= 15 is 0 Å². The standard InChI is InChI=1S/C40H68O11/c1-21-11-12-28(46-33(21)26(6)36(42)43)17-29-18-30(45-10)27(7)40(48-29)25(5)19-38(9,51-40)32-13-14-37(8,49-32)35-23(3)16-31(47-35)34-22(2)15-24(4)39(44,20-41)50-34/h21-35,41,44H,11-20H2,1-10H3,(H,42,43)/p-1/t21?,22?,23?,24?,25?,26?,27?,28?,29?,30?,31?,32?,33?,34?,35?,37-,38-,39-,40+/m0/s1. The van der Waals surface area contributed by atoms with Gasteiger partial charge in [0.15, 0.2) is 11.6 Å². The Kier molecular flexibility index (Phi) is 11.4. The highest BCUT2D eigenvalue weighted by molar-refractivity contribution is 5.67. The molecule has 6 aliphatic rings. The molecular formula is C40H67O11-. The fourth-order valence-electron chi connectivity index (χ4n) is 11.3. The average molecular weight is 724 g/mol. The van der Waals surface area contributed by atoms with E-state index < -0.39 is 41.3 Å². The van der Waals surface area contributed by atoms with Gasteiger partial charge in [-0.25, -0.2) is 0 Å². The van der Waals surface area contributed by atoms with Crippen molar-refractivity contribution in [2.45, 2.75) is 192 Å². The molecule has 1 spiro atoms. The predicted molar refractivity (Wildman–Crippen MR) is 186 cm³/mol. The van der Waals surface area contributed by atoms with E-state index in [2.05, 4.69) is 48.5 Å². The average Bonchev–Trinajstić information content (AvgIpc) is 3.75. The third-order valence-electron chi connectivity index (χ3n) is 14.4. The molecule has 6 heterocycles. The van der Waals surface area contributed by atoms with Gasteiger partial charge in [-0.15, -0.1) is 0 Å². The lowest BCUT2D eigenvalue weighted by molar-refractivity contribution is -0.353. The van der Waals surface area contributed by atoms with E-state index in [4.69, 9.17) is 33.2 Å². The molecule has 0 saturated carbocycles. The van der Waals surface area contributed by atoms with Crippen LogP contribution in [-0.4, -0.2) is 102 Å². The van der Waals surface area contributed by atoms with E-state index in [1.165, 1.54) is 0 Å². The van der Waals surface area contributed by atoms with Gasteiger partial charge in [0.1, 0.15) is 0 Å². The number of carbonyl (C=O) groups excluding carboxylic acids is 1. The van der Waals surface area contributed by atoms with Gasteiger partial charge in [-0.3, -0.25) is 0 Å². The lowest BCUT2D eigenvalue weighted by Gasteiger charge is -2.50. The Hall–Kier alpha value is -0.890. The van der Waals surface area contributed by atoms with E-state index in [9.17, 15) is 20.1 Å². The molecule has 0 amide bonds. The zero-order valence-corrected chi connectivity index (χ0v) is 32.8. The number of aliphatic hydroxyl groups excluding tert-OH is 1. The van der Waals surface area contributed by atoms with Crippen molar-refractivity contribution in [2.24, 2.45) is 41.4 Å². The number of aliphatic carboxylic acids is 1. The largest absolute Gasteiger partial charge is 0.550 e. The molecule has 6 aliphatic heterocycles. The second-order valence-electron chi connectivity index (χ2n) is 18.4. The van der Waals surface area contributed by atoms with E-state index in [0.29, 0.717) is 6.42 Å². The summed E-state index contributed by atoms with van der Waals surface area (Å²) in [7, 11) is 1.76. The van der Waals surface area contributed by atoms with E-state index in [1.54, 1.807) is 14.0 Å². The van der Waals surface area contributed by atoms with Gasteiger partial charge in [0.25, 0.3) is 0 Å². The lowest BCUT2D eigenvalue weighted by atomic mass is 9.78. The Labute approximate surface area is 305 Å². The summed E-state index contributed by atoms with van der Waals surface area (Å²) in [6.07, 6.45) is 5.62. The molecule has 0 aromatic heterocycles. The molecule has 0 aromatic rings. The van der Waals surface area contributed by atoms with Gasteiger partial charge in [-0.05, 0) is 76.5 Å². The zero-order chi connectivity index (χ0) is 37.3. The first-order chi connectivity index (χ1) is 23.9. The minimum Gasteiger partial charge on any atom is -0.550 e. The van der Waals surface area contributed by atoms with Crippen LogP contribution in [0.4, 0.5) is 0 Å². The molecule has 0 aromatic carbocycles. The highest BCUT2D eigenvalue weighted by atomic mass is 16.7. The Morgan fingerprint density at radius 3 is 2.27 bits per heavy atom. The Morgan fingerprint density at radius 2 is 1.61 bits per heavy atom. The number of hydrogen-bond acceptors (Lipinski definition) is 11. The molecule has 51 heavy (non-hydrogen) atoms. The maximum Gasteiger partial charge on any atom is 0.192 e. The van der Waals surface area contributed by atoms with Crippen LogP contribution in [0.1, 0.15) is 120 Å². The normalized spacial score (nSPS) is 54.2. The molecule has 0 radical (unpaired) electrons. The van der Waals surface area contributed by atoms with Gasteiger partial charge in [-0.1, -0.05) is 48.5 Å². The first-order valence-electron chi connectivity index (χ1n) is 20.0. The second kappa shape index (κ2) is 14.6. The summed E-state index contributed by atoms with van der Waals surface area (Å²) in [6, 6.07) is 0. The third kappa shape index (κ3) is 7.19. The smallest absolute Gasteiger partial charge is 0.192 e. The number of carboxylic acid groups (broad SMARTS) is 1. The van der Waals surface area contributed by atoms with Crippen LogP contribution in [0.15, 0.2) is 0 Å². The summed E-state index contributed by atoms with van der Waals surface area (Å²) >= 11 is 0. The quantitative estimate of drug-likeness (QED) is 0.350. The maximum absolute atomic E-state index is 11.7. The number of methoxy groups -OCH3 is 1. The van der Waals surface area contributed by atoms with Crippen LogP contribution in [-0.2, 0) is 38.0 Å². The van der Waals surface area contributed by atoms with E-state index in [1.807, 2.05) is 6.92 Å². The second-order valence-corrected chi connectivity index (χ2v) is 18.4. The van der Waals surface area contributed by atoms with Crippen LogP contribution in [0, 0.1) is 41.4 Å². The minimum absolute atomic E-state index is 0.0155. The van der Waals surface area contributed by atoms with Gasteiger partial charge >= 0.3 is 0 Å². The summed E-state index contributed by atoms with van der Waals surface area (Å²) in [4.78, 5) is 11.7. The Balaban J connectivity index is 1.13. The highest BCUT2D eigenvalue weighted by Gasteiger charge is 2.65. The van der Waals surface area contributed by atoms with Crippen molar-refractivity contribution < 1.29 is 53.3 Å². The van der Waals surface area contributed by atoms with Crippen molar-refractivity contribution in [3.05, 3.63) is 0 Å². The van der Waals surface area contributed by atoms with Crippen LogP contribution in [0.3, 0.4) is 0 Å². The van der Waals surface area contributed by atoms with Crippen LogP contribution < -0.4 is 5.11 Å². The maximum atomic E-state index is 11.7. The minimum atomic E-state index is -1.55. The number of carboxylic acids is 1. The summed E-state index contributed by atoms with van der Waals surface area (Å²) in [5.74, 6) is -3.70. The molecule has 19 atom stereocenters. The van der Waals surface area contributed by atoms with Crippen molar-refractivity contribution >= 4 is 5.97 Å². The SMILES string of the molecule is COC1CC(CC2CCC(C)C(C(C)C(=O)[O-])O2)O[C@]2(O[C@](C)(C3CC[C@@](C)(C4OC(C5O[C@@](O)(CO)C(C)CC5C)CC4C)O3)CC2C)C1C. The molecule has 6 fully saturated rings. The first kappa shape index (κ1) is 39.8. The zero-order valence-electron chi connectivity index (χ0n) is 32.8. The van der Waals surface area contributed by atoms with Gasteiger partial charge in [-0.2, -0.15) is 0 Å². The predicted octanol–water partition coefficient (Wildman–Crippen LogP) is 4.37. The molecular weight excluding hydrogens is 656 g/mol. The Bertz CT molecular complexity index is 1230. The van der Waals surface area contributed by atoms with Crippen LogP contribution >= 0.6 is 0 Å². The third-order valence-corrected chi connectivity index (χ3v) is 14.4. The van der Waals surface area contributed by atoms with Crippen LogP contribution in [0.2, 0.25) is 0 Å². The summed E-state index contributed by atoms with van der Waals surface area (Å²) in [5.41, 5.74) is -1.11. The van der Waals surface area contributed by atoms with Gasteiger partial charge in [0, 0.05) is 49.6 Å². The summed E-state index contributed by atoms with van der Waals surface area (Å²) in [5, 5.41) is 32.7. The summed E-state index contributed by atoms with van der Waals surface area (Å²) < 4.78 is 46.9. The monoisotopic (exact) mass is 723 g/mol. The van der Waals surface area contributed by atoms with Gasteiger partial charge < -0.3 is 53.3 Å². The molecule has 0 bridgehead atoms. The fourth-order valence-corrected chi connectivity index (χ4v) is 11.3. The van der Waals surface area contributed by atoms with Crippen molar-refractivity contribution in [3.8, 4) is 0 Å². The van der Waals surface area contributed by atoms with Crippen LogP contribution in [0.25, 0.3) is 0 Å². The fraction of sp³-hybridized carbons (Fsp3) is 0.975. The van der Waals surface area contributed by atoms with Gasteiger partial charge in [0.2, 0.25) is 0 Å². The number of hydrogen-bond donors (Lipinski definition) is 2. The summed E-state index contributed by atoms with van der Waals surface area (Å²) in [6.45, 7) is 18.3. The van der Waals surface area contributed by atoms with Crippen LogP contribution in [0.5, 0.6) is 0 Å². The number of carbonyl (C=O) groups is 1. The molecule has 294 valence electrons. The molecule has 11 nitrogen and oxygen atoms in total. The van der Waals surface area contributed by atoms with Crippen molar-refractivity contribution in [2.75, 3.05) is 13.7 Å². The molecule has 6 rings (SSSR count). The van der Waals surface area contributed by atoms with E-state index in [-0.39, 0.29) is 84.3 Å².